The molecule has 0 amide bonds. The lowest BCUT2D eigenvalue weighted by Crippen LogP contribution is -2.06. The molecule has 0 saturated carbocycles. The molecule has 1 N–H and O–H groups in total. The third-order valence-corrected chi connectivity index (χ3v) is 3.46. The first-order valence-electron chi connectivity index (χ1n) is 5.02. The normalized spacial score (nSPS) is 12.2. The van der Waals surface area contributed by atoms with Gasteiger partial charge in [0.25, 0.3) is 0 Å². The Morgan fingerprint density at radius 3 is 2.69 bits per heavy atom. The summed E-state index contributed by atoms with van der Waals surface area (Å²) >= 11 is 3.44. The lowest BCUT2D eigenvalue weighted by molar-refractivity contribution is -0.137. The highest BCUT2D eigenvalue weighted by molar-refractivity contribution is 9.10. The summed E-state index contributed by atoms with van der Waals surface area (Å²) in [5.41, 5.74) is 1.99. The van der Waals surface area contributed by atoms with Gasteiger partial charge in [0.2, 0.25) is 0 Å². The topological polar surface area (TPSA) is 46.5 Å². The van der Waals surface area contributed by atoms with Gasteiger partial charge in [-0.05, 0) is 30.5 Å². The Morgan fingerprint density at radius 2 is 2.19 bits per heavy atom. The van der Waals surface area contributed by atoms with Crippen LogP contribution in [0.3, 0.4) is 0 Å². The van der Waals surface area contributed by atoms with Crippen molar-refractivity contribution >= 4 is 21.9 Å². The number of carboxylic acids is 1. The summed E-state index contributed by atoms with van der Waals surface area (Å²) in [6.07, 6.45) is 0.105. The first-order chi connectivity index (χ1) is 7.47. The maximum atomic E-state index is 10.7. The monoisotopic (exact) mass is 286 g/mol. The molecule has 0 radical (unpaired) electrons. The Balaban J connectivity index is 3.18. The smallest absolute Gasteiger partial charge is 0.303 e. The number of hydrogen-bond acceptors (Lipinski definition) is 2. The number of carboxylic acid groups (broad SMARTS) is 1. The zero-order valence-corrected chi connectivity index (χ0v) is 11.2. The second-order valence-electron chi connectivity index (χ2n) is 3.79. The second kappa shape index (κ2) is 5.34. The van der Waals surface area contributed by atoms with Crippen LogP contribution in [0.25, 0.3) is 0 Å². The zero-order chi connectivity index (χ0) is 12.3. The van der Waals surface area contributed by atoms with E-state index in [2.05, 4.69) is 15.9 Å². The fraction of sp³-hybridized carbons (Fsp3) is 0.417. The van der Waals surface area contributed by atoms with Crippen LogP contribution in [-0.2, 0) is 4.79 Å². The maximum Gasteiger partial charge on any atom is 0.303 e. The number of halogens is 1. The summed E-state index contributed by atoms with van der Waals surface area (Å²) in [6.45, 7) is 3.85. The van der Waals surface area contributed by atoms with Crippen LogP contribution in [0.1, 0.15) is 30.4 Å². The SMILES string of the molecule is COc1ccc(Br)c(C)c1C(C)CC(=O)O. The van der Waals surface area contributed by atoms with Crippen molar-refractivity contribution in [2.75, 3.05) is 7.11 Å². The van der Waals surface area contributed by atoms with Gasteiger partial charge in [-0.1, -0.05) is 22.9 Å². The van der Waals surface area contributed by atoms with E-state index in [0.29, 0.717) is 0 Å². The van der Waals surface area contributed by atoms with E-state index in [4.69, 9.17) is 9.84 Å². The average molecular weight is 287 g/mol. The molecule has 1 aromatic carbocycles. The van der Waals surface area contributed by atoms with Gasteiger partial charge in [-0.25, -0.2) is 0 Å². The largest absolute Gasteiger partial charge is 0.496 e. The van der Waals surface area contributed by atoms with Crippen molar-refractivity contribution in [1.29, 1.82) is 0 Å². The first kappa shape index (κ1) is 13.0. The highest BCUT2D eigenvalue weighted by atomic mass is 79.9. The quantitative estimate of drug-likeness (QED) is 0.923. The molecule has 1 unspecified atom stereocenters. The molecule has 0 saturated heterocycles. The van der Waals surface area contributed by atoms with Crippen LogP contribution in [0, 0.1) is 6.92 Å². The van der Waals surface area contributed by atoms with Gasteiger partial charge in [0.15, 0.2) is 0 Å². The standard InChI is InChI=1S/C12H15BrO3/c1-7(6-11(14)15)12-8(2)9(13)4-5-10(12)16-3/h4-5,7H,6H2,1-3H3,(H,14,15). The molecule has 0 fully saturated rings. The van der Waals surface area contributed by atoms with E-state index in [0.717, 1.165) is 21.3 Å². The third-order valence-electron chi connectivity index (χ3n) is 2.60. The number of rotatable bonds is 4. The van der Waals surface area contributed by atoms with E-state index >= 15 is 0 Å². The van der Waals surface area contributed by atoms with E-state index in [1.54, 1.807) is 7.11 Å². The number of methoxy groups -OCH3 is 1. The Hall–Kier alpha value is -1.03. The third kappa shape index (κ3) is 2.76. The molecule has 88 valence electrons. The summed E-state index contributed by atoms with van der Waals surface area (Å²) in [7, 11) is 1.60. The van der Waals surface area contributed by atoms with Crippen molar-refractivity contribution in [3.8, 4) is 5.75 Å². The van der Waals surface area contributed by atoms with Gasteiger partial charge in [-0.3, -0.25) is 4.79 Å². The molecule has 0 aromatic heterocycles. The summed E-state index contributed by atoms with van der Waals surface area (Å²) < 4.78 is 6.24. The molecule has 3 nitrogen and oxygen atoms in total. The first-order valence-corrected chi connectivity index (χ1v) is 5.81. The maximum absolute atomic E-state index is 10.7. The number of hydrogen-bond donors (Lipinski definition) is 1. The van der Waals surface area contributed by atoms with Gasteiger partial charge in [0.05, 0.1) is 13.5 Å². The minimum absolute atomic E-state index is 0.0649. The number of carbonyl (C=O) groups is 1. The molecular weight excluding hydrogens is 272 g/mol. The minimum Gasteiger partial charge on any atom is -0.496 e. The number of benzene rings is 1. The van der Waals surface area contributed by atoms with Crippen LogP contribution >= 0.6 is 15.9 Å². The van der Waals surface area contributed by atoms with Crippen molar-refractivity contribution in [2.24, 2.45) is 0 Å². The number of ether oxygens (including phenoxy) is 1. The molecule has 0 aliphatic rings. The predicted octanol–water partition coefficient (Wildman–Crippen LogP) is 3.34. The van der Waals surface area contributed by atoms with Gasteiger partial charge in [-0.2, -0.15) is 0 Å². The van der Waals surface area contributed by atoms with Crippen LogP contribution in [0.15, 0.2) is 16.6 Å². The Bertz CT molecular complexity index is 401. The lowest BCUT2D eigenvalue weighted by Gasteiger charge is -2.17. The average Bonchev–Trinajstić information content (AvgIpc) is 2.20. The molecule has 0 spiro atoms. The van der Waals surface area contributed by atoms with Crippen molar-refractivity contribution < 1.29 is 14.6 Å². The molecule has 0 heterocycles. The van der Waals surface area contributed by atoms with Crippen LogP contribution in [0.4, 0.5) is 0 Å². The van der Waals surface area contributed by atoms with E-state index < -0.39 is 5.97 Å². The van der Waals surface area contributed by atoms with Gasteiger partial charge >= 0.3 is 5.97 Å². The fourth-order valence-electron chi connectivity index (χ4n) is 1.83. The van der Waals surface area contributed by atoms with Gasteiger partial charge in [0, 0.05) is 10.0 Å². The Labute approximate surface area is 104 Å². The van der Waals surface area contributed by atoms with E-state index in [-0.39, 0.29) is 12.3 Å². The molecule has 16 heavy (non-hydrogen) atoms. The van der Waals surface area contributed by atoms with Crippen molar-refractivity contribution in [1.82, 2.24) is 0 Å². The Morgan fingerprint density at radius 1 is 1.56 bits per heavy atom. The van der Waals surface area contributed by atoms with Crippen LogP contribution < -0.4 is 4.74 Å². The zero-order valence-electron chi connectivity index (χ0n) is 9.58. The van der Waals surface area contributed by atoms with Crippen molar-refractivity contribution in [3.63, 3.8) is 0 Å². The lowest BCUT2D eigenvalue weighted by atomic mass is 9.93. The van der Waals surface area contributed by atoms with E-state index in [1.807, 2.05) is 26.0 Å². The van der Waals surface area contributed by atoms with Crippen molar-refractivity contribution in [3.05, 3.63) is 27.7 Å². The molecule has 0 aliphatic heterocycles. The summed E-state index contributed by atoms with van der Waals surface area (Å²) in [4.78, 5) is 10.7. The molecule has 0 aliphatic carbocycles. The van der Waals surface area contributed by atoms with Crippen LogP contribution in [-0.4, -0.2) is 18.2 Å². The van der Waals surface area contributed by atoms with Gasteiger partial charge < -0.3 is 9.84 Å². The molecular formula is C12H15BrO3. The summed E-state index contributed by atoms with van der Waals surface area (Å²) in [6, 6.07) is 3.76. The van der Waals surface area contributed by atoms with Gasteiger partial charge in [-0.15, -0.1) is 0 Å². The van der Waals surface area contributed by atoms with Gasteiger partial charge in [0.1, 0.15) is 5.75 Å². The molecule has 1 atom stereocenters. The highest BCUT2D eigenvalue weighted by Crippen LogP contribution is 2.35. The summed E-state index contributed by atoms with van der Waals surface area (Å²) in [5, 5.41) is 8.82. The predicted molar refractivity (Wildman–Crippen MR) is 66.1 cm³/mol. The summed E-state index contributed by atoms with van der Waals surface area (Å²) in [5.74, 6) is -0.117. The highest BCUT2D eigenvalue weighted by Gasteiger charge is 2.18. The molecule has 0 bridgehead atoms. The molecule has 1 aromatic rings. The second-order valence-corrected chi connectivity index (χ2v) is 4.64. The Kier molecular flexibility index (Phi) is 4.35. The van der Waals surface area contributed by atoms with Crippen molar-refractivity contribution in [2.45, 2.75) is 26.2 Å². The molecule has 1 rings (SSSR count). The number of aliphatic carboxylic acids is 1. The van der Waals surface area contributed by atoms with E-state index in [1.165, 1.54) is 0 Å². The van der Waals surface area contributed by atoms with Crippen LogP contribution in [0.5, 0.6) is 5.75 Å². The van der Waals surface area contributed by atoms with E-state index in [9.17, 15) is 4.79 Å². The molecule has 4 heteroatoms. The minimum atomic E-state index is -0.797. The van der Waals surface area contributed by atoms with Crippen LogP contribution in [0.2, 0.25) is 0 Å². The fourth-order valence-corrected chi connectivity index (χ4v) is 2.18.